The summed E-state index contributed by atoms with van der Waals surface area (Å²) in [4.78, 5) is 72.5. The molecular formula is C24H21NO10. The molecule has 11 heteroatoms. The third-order valence-electron chi connectivity index (χ3n) is 4.75. The third-order valence-corrected chi connectivity index (χ3v) is 4.75. The quantitative estimate of drug-likeness (QED) is 0.193. The maximum Gasteiger partial charge on any atom is 0.338 e. The molecule has 0 saturated carbocycles. The van der Waals surface area contributed by atoms with Crippen LogP contribution in [0.3, 0.4) is 0 Å². The largest absolute Gasteiger partial charge is 0.460 e. The second-order valence-electron chi connectivity index (χ2n) is 7.24. The highest BCUT2D eigenvalue weighted by atomic mass is 16.6. The SMILES string of the molecule is CC(=O)Oc1cccc2c1C(=O)c1c(OC(C)=O)cc(C(=O)OCCOCCNC=O)cc1C2=O. The van der Waals surface area contributed by atoms with Gasteiger partial charge in [0.05, 0.1) is 29.9 Å². The number of ether oxygens (including phenoxy) is 4. The fourth-order valence-electron chi connectivity index (χ4n) is 3.42. The first kappa shape index (κ1) is 25.2. The molecule has 0 aliphatic heterocycles. The summed E-state index contributed by atoms with van der Waals surface area (Å²) in [5.74, 6) is -4.06. The van der Waals surface area contributed by atoms with Crippen LogP contribution in [0.25, 0.3) is 0 Å². The minimum Gasteiger partial charge on any atom is -0.460 e. The molecule has 2 aromatic carbocycles. The Morgan fingerprint density at radius 3 is 2.23 bits per heavy atom. The maximum absolute atomic E-state index is 13.4. The Labute approximate surface area is 199 Å². The van der Waals surface area contributed by atoms with Crippen molar-refractivity contribution in [1.29, 1.82) is 0 Å². The van der Waals surface area contributed by atoms with Gasteiger partial charge in [0.1, 0.15) is 18.1 Å². The van der Waals surface area contributed by atoms with E-state index in [1.54, 1.807) is 0 Å². The number of carbonyl (C=O) groups is 6. The number of hydrogen-bond acceptors (Lipinski definition) is 10. The van der Waals surface area contributed by atoms with E-state index in [1.807, 2.05) is 0 Å². The van der Waals surface area contributed by atoms with Gasteiger partial charge in [0.25, 0.3) is 0 Å². The number of esters is 3. The summed E-state index contributed by atoms with van der Waals surface area (Å²) in [5.41, 5.74) is -0.699. The normalized spacial score (nSPS) is 11.7. The number of carbonyl (C=O) groups excluding carboxylic acids is 6. The highest BCUT2D eigenvalue weighted by molar-refractivity contribution is 6.30. The van der Waals surface area contributed by atoms with Gasteiger partial charge >= 0.3 is 17.9 Å². The van der Waals surface area contributed by atoms with Gasteiger partial charge in [-0.3, -0.25) is 24.0 Å². The second-order valence-corrected chi connectivity index (χ2v) is 7.24. The van der Waals surface area contributed by atoms with E-state index in [2.05, 4.69) is 5.32 Å². The van der Waals surface area contributed by atoms with Crippen LogP contribution in [0.5, 0.6) is 11.5 Å². The molecule has 0 heterocycles. The van der Waals surface area contributed by atoms with Crippen LogP contribution >= 0.6 is 0 Å². The van der Waals surface area contributed by atoms with Gasteiger partial charge < -0.3 is 24.3 Å². The maximum atomic E-state index is 13.4. The fourth-order valence-corrected chi connectivity index (χ4v) is 3.42. The van der Waals surface area contributed by atoms with E-state index in [9.17, 15) is 28.8 Å². The van der Waals surface area contributed by atoms with Crippen molar-refractivity contribution in [1.82, 2.24) is 5.32 Å². The molecular weight excluding hydrogens is 462 g/mol. The Kier molecular flexibility index (Phi) is 8.05. The molecule has 0 bridgehead atoms. The van der Waals surface area contributed by atoms with Gasteiger partial charge in [-0.1, -0.05) is 12.1 Å². The first-order valence-electron chi connectivity index (χ1n) is 10.4. The zero-order valence-corrected chi connectivity index (χ0v) is 18.9. The van der Waals surface area contributed by atoms with E-state index in [1.165, 1.54) is 24.3 Å². The van der Waals surface area contributed by atoms with Crippen molar-refractivity contribution in [3.63, 3.8) is 0 Å². The van der Waals surface area contributed by atoms with Crippen LogP contribution in [-0.2, 0) is 23.9 Å². The van der Waals surface area contributed by atoms with E-state index >= 15 is 0 Å². The van der Waals surface area contributed by atoms with Gasteiger partial charge in [-0.15, -0.1) is 0 Å². The summed E-state index contributed by atoms with van der Waals surface area (Å²) in [6.45, 7) is 2.69. The Morgan fingerprint density at radius 1 is 0.857 bits per heavy atom. The lowest BCUT2D eigenvalue weighted by atomic mass is 9.82. The van der Waals surface area contributed by atoms with E-state index in [0.717, 1.165) is 19.9 Å². The number of hydrogen-bond donors (Lipinski definition) is 1. The topological polar surface area (TPSA) is 151 Å². The molecule has 3 rings (SSSR count). The molecule has 1 aliphatic rings. The summed E-state index contributed by atoms with van der Waals surface area (Å²) < 4.78 is 20.6. The lowest BCUT2D eigenvalue weighted by Gasteiger charge is -2.22. The van der Waals surface area contributed by atoms with E-state index in [0.29, 0.717) is 13.0 Å². The van der Waals surface area contributed by atoms with E-state index in [-0.39, 0.29) is 59.1 Å². The lowest BCUT2D eigenvalue weighted by Crippen LogP contribution is -2.25. The summed E-state index contributed by atoms with van der Waals surface area (Å²) in [6, 6.07) is 6.51. The molecule has 1 N–H and O–H groups in total. The minimum absolute atomic E-state index is 0.0297. The molecule has 0 spiro atoms. The van der Waals surface area contributed by atoms with Gasteiger partial charge in [0, 0.05) is 31.5 Å². The number of fused-ring (bicyclic) bond motifs is 2. The van der Waals surface area contributed by atoms with Crippen LogP contribution < -0.4 is 14.8 Å². The third kappa shape index (κ3) is 5.76. The summed E-state index contributed by atoms with van der Waals surface area (Å²) in [6.07, 6.45) is 0.530. The summed E-state index contributed by atoms with van der Waals surface area (Å²) in [7, 11) is 0. The van der Waals surface area contributed by atoms with Gasteiger partial charge in [-0.05, 0) is 18.2 Å². The van der Waals surface area contributed by atoms with Gasteiger partial charge in [-0.25, -0.2) is 4.79 Å². The number of ketones is 2. The van der Waals surface area contributed by atoms with Crippen molar-refractivity contribution >= 4 is 35.9 Å². The monoisotopic (exact) mass is 483 g/mol. The highest BCUT2D eigenvalue weighted by Crippen LogP contribution is 2.38. The van der Waals surface area contributed by atoms with Crippen LogP contribution in [0.2, 0.25) is 0 Å². The Hall–Kier alpha value is -4.38. The summed E-state index contributed by atoms with van der Waals surface area (Å²) in [5, 5.41) is 2.41. The number of benzene rings is 2. The van der Waals surface area contributed by atoms with Crippen molar-refractivity contribution in [3.8, 4) is 11.5 Å². The first-order chi connectivity index (χ1) is 16.7. The molecule has 2 aromatic rings. The molecule has 35 heavy (non-hydrogen) atoms. The number of nitrogens with one attached hydrogen (secondary N) is 1. The van der Waals surface area contributed by atoms with Crippen LogP contribution in [0.15, 0.2) is 30.3 Å². The predicted molar refractivity (Wildman–Crippen MR) is 118 cm³/mol. The number of rotatable bonds is 10. The Bertz CT molecular complexity index is 1220. The average molecular weight is 483 g/mol. The summed E-state index contributed by atoms with van der Waals surface area (Å²) >= 11 is 0. The van der Waals surface area contributed by atoms with Crippen molar-refractivity contribution in [2.75, 3.05) is 26.4 Å². The average Bonchev–Trinajstić information content (AvgIpc) is 2.80. The molecule has 1 aliphatic carbocycles. The second kappa shape index (κ2) is 11.2. The molecule has 11 nitrogen and oxygen atoms in total. The van der Waals surface area contributed by atoms with Crippen molar-refractivity contribution in [3.05, 3.63) is 58.1 Å². The van der Waals surface area contributed by atoms with Gasteiger partial charge in [0.2, 0.25) is 12.2 Å². The van der Waals surface area contributed by atoms with Crippen molar-refractivity contribution in [2.45, 2.75) is 13.8 Å². The van der Waals surface area contributed by atoms with Crippen LogP contribution in [0.1, 0.15) is 56.0 Å². The zero-order valence-electron chi connectivity index (χ0n) is 18.9. The van der Waals surface area contributed by atoms with Gasteiger partial charge in [0.15, 0.2) is 5.78 Å². The van der Waals surface area contributed by atoms with E-state index < -0.39 is 29.5 Å². The number of amides is 1. The lowest BCUT2D eigenvalue weighted by molar-refractivity contribution is -0.132. The highest BCUT2D eigenvalue weighted by Gasteiger charge is 2.36. The standard InChI is InChI=1S/C24H21NO10/c1-13(27)34-18-5-3-4-16-20(18)23(30)21-17(22(16)29)10-15(11-19(21)35-14(2)28)24(31)33-9-8-32-7-6-25-12-26/h3-5,10-12H,6-9H2,1-2H3,(H,25,26). The smallest absolute Gasteiger partial charge is 0.338 e. The van der Waals surface area contributed by atoms with Crippen molar-refractivity contribution in [2.24, 2.45) is 0 Å². The molecule has 0 fully saturated rings. The molecule has 0 atom stereocenters. The molecule has 0 aromatic heterocycles. The minimum atomic E-state index is -0.837. The first-order valence-corrected chi connectivity index (χ1v) is 10.4. The van der Waals surface area contributed by atoms with E-state index in [4.69, 9.17) is 18.9 Å². The van der Waals surface area contributed by atoms with Crippen LogP contribution in [-0.4, -0.2) is 62.2 Å². The molecule has 0 unspecified atom stereocenters. The molecule has 0 radical (unpaired) electrons. The molecule has 182 valence electrons. The van der Waals surface area contributed by atoms with Crippen LogP contribution in [0.4, 0.5) is 0 Å². The van der Waals surface area contributed by atoms with Crippen molar-refractivity contribution < 1.29 is 47.7 Å². The predicted octanol–water partition coefficient (Wildman–Crippen LogP) is 1.23. The fraction of sp³-hybridized carbons (Fsp3) is 0.250. The molecule has 0 saturated heterocycles. The zero-order chi connectivity index (χ0) is 25.5. The Morgan fingerprint density at radius 2 is 1.54 bits per heavy atom. The van der Waals surface area contributed by atoms with Crippen LogP contribution in [0, 0.1) is 0 Å². The van der Waals surface area contributed by atoms with Gasteiger partial charge in [-0.2, -0.15) is 0 Å². The Balaban J connectivity index is 1.93. The molecule has 1 amide bonds.